The lowest BCUT2D eigenvalue weighted by molar-refractivity contribution is -0.145. The van der Waals surface area contributed by atoms with Crippen molar-refractivity contribution in [1.82, 2.24) is 15.2 Å². The quantitative estimate of drug-likeness (QED) is 0.664. The van der Waals surface area contributed by atoms with Gasteiger partial charge in [0, 0.05) is 19.5 Å². The molecule has 1 aromatic carbocycles. The number of halogens is 1. The largest absolute Gasteiger partial charge is 0.391 e. The fraction of sp³-hybridized carbons (Fsp3) is 0.542. The predicted molar refractivity (Wildman–Crippen MR) is 122 cm³/mol. The third-order valence-corrected chi connectivity index (χ3v) is 7.49. The molecule has 172 valence electrons. The van der Waals surface area contributed by atoms with E-state index in [0.717, 1.165) is 21.7 Å². The van der Waals surface area contributed by atoms with Gasteiger partial charge < -0.3 is 15.3 Å². The number of thiazole rings is 1. The molecular formula is C24H30FN3O3S. The molecule has 2 amide bonds. The Morgan fingerprint density at radius 1 is 1.31 bits per heavy atom. The van der Waals surface area contributed by atoms with Crippen molar-refractivity contribution in [3.05, 3.63) is 41.0 Å². The summed E-state index contributed by atoms with van der Waals surface area (Å²) >= 11 is 1.59. The molecule has 1 aromatic heterocycles. The maximum atomic E-state index is 14.9. The van der Waals surface area contributed by atoms with Crippen molar-refractivity contribution in [2.75, 3.05) is 6.54 Å². The highest BCUT2D eigenvalue weighted by Crippen LogP contribution is 2.50. The Hall–Kier alpha value is -2.32. The van der Waals surface area contributed by atoms with E-state index in [-0.39, 0.29) is 30.7 Å². The summed E-state index contributed by atoms with van der Waals surface area (Å²) in [5.41, 5.74) is 3.34. The third kappa shape index (κ3) is 4.57. The minimum absolute atomic E-state index is 0.0686. The second-order valence-electron chi connectivity index (χ2n) is 9.33. The molecular weight excluding hydrogens is 429 g/mol. The highest BCUT2D eigenvalue weighted by Gasteiger charge is 2.56. The molecule has 1 aliphatic carbocycles. The molecule has 8 heteroatoms. The molecule has 2 fully saturated rings. The number of nitrogens with one attached hydrogen (secondary N) is 1. The molecule has 2 N–H and O–H groups in total. The van der Waals surface area contributed by atoms with Crippen LogP contribution in [0.2, 0.25) is 0 Å². The van der Waals surface area contributed by atoms with Crippen molar-refractivity contribution in [1.29, 1.82) is 0 Å². The number of aliphatic hydroxyl groups is 1. The number of β-amino-alcohol motifs (C(OH)–C–C–N with tert-alkyl or cyclic N) is 1. The summed E-state index contributed by atoms with van der Waals surface area (Å²) in [5.74, 6) is -1.62. The second-order valence-corrected chi connectivity index (χ2v) is 10.2. The van der Waals surface area contributed by atoms with Crippen LogP contribution in [0.4, 0.5) is 4.39 Å². The third-order valence-electron chi connectivity index (χ3n) is 6.51. The molecule has 1 saturated heterocycles. The van der Waals surface area contributed by atoms with E-state index in [9.17, 15) is 19.1 Å². The molecule has 2 aliphatic rings. The van der Waals surface area contributed by atoms with E-state index in [0.29, 0.717) is 19.4 Å². The highest BCUT2D eigenvalue weighted by molar-refractivity contribution is 7.13. The van der Waals surface area contributed by atoms with Gasteiger partial charge in [-0.1, -0.05) is 38.1 Å². The van der Waals surface area contributed by atoms with Crippen molar-refractivity contribution in [2.24, 2.45) is 11.8 Å². The molecule has 2 heterocycles. The first-order chi connectivity index (χ1) is 15.2. The zero-order chi connectivity index (χ0) is 23.0. The van der Waals surface area contributed by atoms with Gasteiger partial charge in [0.2, 0.25) is 11.8 Å². The van der Waals surface area contributed by atoms with E-state index in [1.807, 2.05) is 50.5 Å². The van der Waals surface area contributed by atoms with Gasteiger partial charge in [-0.2, -0.15) is 0 Å². The fourth-order valence-corrected chi connectivity index (χ4v) is 5.49. The smallest absolute Gasteiger partial charge is 0.243 e. The van der Waals surface area contributed by atoms with Gasteiger partial charge in [-0.15, -0.1) is 11.3 Å². The van der Waals surface area contributed by atoms with E-state index < -0.39 is 23.7 Å². The van der Waals surface area contributed by atoms with Crippen molar-refractivity contribution < 1.29 is 19.1 Å². The van der Waals surface area contributed by atoms with Crippen molar-refractivity contribution >= 4 is 23.2 Å². The first kappa shape index (κ1) is 22.9. The van der Waals surface area contributed by atoms with Crippen LogP contribution in [0, 0.1) is 18.8 Å². The van der Waals surface area contributed by atoms with Crippen LogP contribution in [0.25, 0.3) is 10.4 Å². The SMILES string of the molecule is Cc1ncsc1-c1ccc(CNC(=O)[C@@H]2C[C@@H](O)CN2C(=O)[C@@H](C(C)C)C2(F)CC2)cc1. The predicted octanol–water partition coefficient (Wildman–Crippen LogP) is 3.47. The number of rotatable bonds is 7. The summed E-state index contributed by atoms with van der Waals surface area (Å²) in [4.78, 5) is 32.9. The lowest BCUT2D eigenvalue weighted by Gasteiger charge is -2.31. The highest BCUT2D eigenvalue weighted by atomic mass is 32.1. The van der Waals surface area contributed by atoms with Crippen molar-refractivity contribution in [3.63, 3.8) is 0 Å². The summed E-state index contributed by atoms with van der Waals surface area (Å²) < 4.78 is 14.9. The van der Waals surface area contributed by atoms with Gasteiger partial charge in [0.25, 0.3) is 0 Å². The van der Waals surface area contributed by atoms with Crippen LogP contribution in [0.15, 0.2) is 29.8 Å². The molecule has 3 atom stereocenters. The Kier molecular flexibility index (Phi) is 6.36. The monoisotopic (exact) mass is 459 g/mol. The Balaban J connectivity index is 1.40. The van der Waals surface area contributed by atoms with Crippen LogP contribution in [0.3, 0.4) is 0 Å². The van der Waals surface area contributed by atoms with Gasteiger partial charge in [0.05, 0.1) is 28.1 Å². The molecule has 6 nitrogen and oxygen atoms in total. The van der Waals surface area contributed by atoms with Crippen LogP contribution < -0.4 is 5.32 Å². The maximum absolute atomic E-state index is 14.9. The number of carbonyl (C=O) groups excluding carboxylic acids is 2. The van der Waals surface area contributed by atoms with Crippen LogP contribution in [-0.2, 0) is 16.1 Å². The van der Waals surface area contributed by atoms with Crippen LogP contribution in [0.1, 0.15) is 44.4 Å². The Bertz CT molecular complexity index is 987. The van der Waals surface area contributed by atoms with Gasteiger partial charge >= 0.3 is 0 Å². The molecule has 0 radical (unpaired) electrons. The summed E-state index contributed by atoms with van der Waals surface area (Å²) in [6.45, 7) is 6.03. The molecule has 0 spiro atoms. The van der Waals surface area contributed by atoms with Crippen molar-refractivity contribution in [2.45, 2.75) is 64.4 Å². The number of aryl methyl sites for hydroxylation is 1. The zero-order valence-corrected chi connectivity index (χ0v) is 19.5. The number of nitrogens with zero attached hydrogens (tertiary/aromatic N) is 2. The average molecular weight is 460 g/mol. The van der Waals surface area contributed by atoms with Gasteiger partial charge in [0.15, 0.2) is 0 Å². The number of benzene rings is 1. The molecule has 32 heavy (non-hydrogen) atoms. The summed E-state index contributed by atoms with van der Waals surface area (Å²) in [7, 11) is 0. The van der Waals surface area contributed by atoms with E-state index >= 15 is 0 Å². The number of likely N-dealkylation sites (tertiary alicyclic amines) is 1. The first-order valence-corrected chi connectivity index (χ1v) is 12.0. The standard InChI is InChI=1S/C24H30FN3O3S/c1-14(2)20(24(25)8-9-24)23(31)28-12-18(29)10-19(28)22(30)26-11-16-4-6-17(7-5-16)21-15(3)27-13-32-21/h4-7,13-14,18-20,29H,8-12H2,1-3H3,(H,26,30)/t18-,19+,20-/m1/s1. The number of carbonyl (C=O) groups is 2. The molecule has 2 aromatic rings. The summed E-state index contributed by atoms with van der Waals surface area (Å²) in [5, 5.41) is 13.1. The number of hydrogen-bond donors (Lipinski definition) is 2. The molecule has 0 unspecified atom stereocenters. The lowest BCUT2D eigenvalue weighted by atomic mass is 9.87. The van der Waals surface area contributed by atoms with Gasteiger partial charge in [-0.25, -0.2) is 9.37 Å². The van der Waals surface area contributed by atoms with Crippen LogP contribution in [-0.4, -0.2) is 51.2 Å². The second kappa shape index (κ2) is 8.90. The lowest BCUT2D eigenvalue weighted by Crippen LogP contribution is -2.50. The van der Waals surface area contributed by atoms with Gasteiger partial charge in [0.1, 0.15) is 11.7 Å². The number of aromatic nitrogens is 1. The van der Waals surface area contributed by atoms with E-state index in [4.69, 9.17) is 0 Å². The van der Waals surface area contributed by atoms with Crippen molar-refractivity contribution in [3.8, 4) is 10.4 Å². The van der Waals surface area contributed by atoms with Gasteiger partial charge in [-0.05, 0) is 36.8 Å². The Labute approximate surface area is 191 Å². The Morgan fingerprint density at radius 3 is 2.56 bits per heavy atom. The van der Waals surface area contributed by atoms with E-state index in [1.54, 1.807) is 11.3 Å². The number of aliphatic hydroxyl groups excluding tert-OH is 1. The van der Waals surface area contributed by atoms with Gasteiger partial charge in [-0.3, -0.25) is 9.59 Å². The minimum Gasteiger partial charge on any atom is -0.391 e. The Morgan fingerprint density at radius 2 is 2.00 bits per heavy atom. The zero-order valence-electron chi connectivity index (χ0n) is 18.7. The molecule has 4 rings (SSSR count). The summed E-state index contributed by atoms with van der Waals surface area (Å²) in [6.07, 6.45) is 0.155. The molecule has 0 bridgehead atoms. The molecule has 1 saturated carbocycles. The molecule has 1 aliphatic heterocycles. The number of alkyl halides is 1. The fourth-order valence-electron chi connectivity index (χ4n) is 4.68. The van der Waals surface area contributed by atoms with Crippen LogP contribution >= 0.6 is 11.3 Å². The van der Waals surface area contributed by atoms with E-state index in [1.165, 1.54) is 4.90 Å². The maximum Gasteiger partial charge on any atom is 0.243 e. The topological polar surface area (TPSA) is 82.5 Å². The number of amides is 2. The average Bonchev–Trinajstić information content (AvgIpc) is 3.15. The van der Waals surface area contributed by atoms with E-state index in [2.05, 4.69) is 10.3 Å². The first-order valence-electron chi connectivity index (χ1n) is 11.1. The minimum atomic E-state index is -1.47. The summed E-state index contributed by atoms with van der Waals surface area (Å²) in [6, 6.07) is 7.13. The van der Waals surface area contributed by atoms with Crippen LogP contribution in [0.5, 0.6) is 0 Å². The normalized spacial score (nSPS) is 22.8. The number of hydrogen-bond acceptors (Lipinski definition) is 5.